The molecule has 0 saturated carbocycles. The summed E-state index contributed by atoms with van der Waals surface area (Å²) in [4.78, 5) is 67.6. The zero-order valence-corrected chi connectivity index (χ0v) is 29.8. The number of nitrogens with two attached hydrogens (primary N) is 1. The van der Waals surface area contributed by atoms with E-state index < -0.39 is 30.0 Å². The van der Waals surface area contributed by atoms with Crippen molar-refractivity contribution in [1.82, 2.24) is 15.5 Å². The van der Waals surface area contributed by atoms with Gasteiger partial charge in [0.25, 0.3) is 0 Å². The maximum Gasteiger partial charge on any atom is 0.329 e. The molecule has 0 radical (unpaired) electrons. The first-order chi connectivity index (χ1) is 21.4. The largest absolute Gasteiger partial charge is 0.460 e. The number of esters is 1. The Morgan fingerprint density at radius 1 is 1.09 bits per heavy atom. The molecular formula is C33H57N5O7S. The fourth-order valence-electron chi connectivity index (χ4n) is 5.58. The van der Waals surface area contributed by atoms with Gasteiger partial charge in [-0.05, 0) is 56.3 Å². The van der Waals surface area contributed by atoms with Crippen molar-refractivity contribution < 1.29 is 33.8 Å². The Labute approximate surface area is 278 Å². The van der Waals surface area contributed by atoms with Crippen LogP contribution >= 0.6 is 11.8 Å². The molecule has 7 atom stereocenters. The second-order valence-electron chi connectivity index (χ2n) is 14.5. The zero-order chi connectivity index (χ0) is 34.8. The molecule has 12 nitrogen and oxygen atoms in total. The van der Waals surface area contributed by atoms with Gasteiger partial charge in [-0.25, -0.2) is 4.79 Å². The fraction of sp³-hybridized carbons (Fsp3) is 0.818. The monoisotopic (exact) mass is 667 g/mol. The molecule has 2 heterocycles. The van der Waals surface area contributed by atoms with Crippen LogP contribution < -0.4 is 16.4 Å². The molecule has 0 aromatic carbocycles. The van der Waals surface area contributed by atoms with E-state index >= 15 is 0 Å². The molecule has 0 bridgehead atoms. The number of thioether (sulfide) groups is 1. The Morgan fingerprint density at radius 3 is 2.37 bits per heavy atom. The van der Waals surface area contributed by atoms with Crippen molar-refractivity contribution in [3.05, 3.63) is 0 Å². The van der Waals surface area contributed by atoms with Gasteiger partial charge < -0.3 is 31.1 Å². The quantitative estimate of drug-likeness (QED) is 0.171. The van der Waals surface area contributed by atoms with Gasteiger partial charge >= 0.3 is 5.97 Å². The van der Waals surface area contributed by atoms with E-state index in [1.165, 1.54) is 6.92 Å². The number of amides is 4. The van der Waals surface area contributed by atoms with Gasteiger partial charge in [-0.15, -0.1) is 11.8 Å². The lowest BCUT2D eigenvalue weighted by Gasteiger charge is -2.35. The van der Waals surface area contributed by atoms with E-state index in [-0.39, 0.29) is 66.1 Å². The van der Waals surface area contributed by atoms with Crippen LogP contribution in [-0.4, -0.2) is 93.8 Å². The predicted molar refractivity (Wildman–Crippen MR) is 180 cm³/mol. The van der Waals surface area contributed by atoms with Crippen LogP contribution in [0.1, 0.15) is 100 Å². The molecule has 13 heteroatoms. The second-order valence-corrected chi connectivity index (χ2v) is 15.5. The van der Waals surface area contributed by atoms with Crippen LogP contribution in [-0.2, 0) is 28.7 Å². The van der Waals surface area contributed by atoms with Gasteiger partial charge in [-0.3, -0.25) is 24.2 Å². The normalized spacial score (nSPS) is 21.6. The molecule has 46 heavy (non-hydrogen) atoms. The summed E-state index contributed by atoms with van der Waals surface area (Å²) < 4.78 is 6.10. The van der Waals surface area contributed by atoms with Gasteiger partial charge in [0.15, 0.2) is 0 Å². The number of primary amides is 1. The second kappa shape index (κ2) is 18.0. The van der Waals surface area contributed by atoms with Crippen molar-refractivity contribution in [1.29, 1.82) is 0 Å². The Morgan fingerprint density at radius 2 is 1.76 bits per heavy atom. The van der Waals surface area contributed by atoms with Gasteiger partial charge in [0, 0.05) is 31.1 Å². The van der Waals surface area contributed by atoms with Gasteiger partial charge in [0.2, 0.25) is 23.6 Å². The molecule has 2 aliphatic heterocycles. The number of likely N-dealkylation sites (tertiary alicyclic amines) is 1. The molecule has 1 fully saturated rings. The minimum Gasteiger partial charge on any atom is -0.460 e. The topological polar surface area (TPSA) is 180 Å². The third-order valence-electron chi connectivity index (χ3n) is 8.57. The van der Waals surface area contributed by atoms with Crippen LogP contribution in [0.2, 0.25) is 0 Å². The van der Waals surface area contributed by atoms with Crippen molar-refractivity contribution in [2.75, 3.05) is 18.8 Å². The van der Waals surface area contributed by atoms with E-state index in [0.29, 0.717) is 44.4 Å². The summed E-state index contributed by atoms with van der Waals surface area (Å²) in [5.74, 6) is -0.951. The van der Waals surface area contributed by atoms with Crippen LogP contribution in [0.25, 0.3) is 0 Å². The Balaban J connectivity index is 1.85. The smallest absolute Gasteiger partial charge is 0.329 e. The average molecular weight is 668 g/mol. The summed E-state index contributed by atoms with van der Waals surface area (Å²) in [6.45, 7) is 15.9. The Hall–Kier alpha value is -2.67. The number of nitrogens with zero attached hydrogens (tertiary/aromatic N) is 2. The number of aliphatic hydroxyl groups excluding tert-OH is 1. The van der Waals surface area contributed by atoms with Crippen LogP contribution in [0.15, 0.2) is 4.99 Å². The van der Waals surface area contributed by atoms with Crippen molar-refractivity contribution in [3.63, 3.8) is 0 Å². The number of carbonyl (C=O) groups is 5. The highest BCUT2D eigenvalue weighted by molar-refractivity contribution is 8.14. The summed E-state index contributed by atoms with van der Waals surface area (Å²) in [5.41, 5.74) is 4.81. The first-order valence-electron chi connectivity index (χ1n) is 16.6. The van der Waals surface area contributed by atoms with E-state index in [1.807, 2.05) is 41.5 Å². The molecule has 0 aliphatic carbocycles. The van der Waals surface area contributed by atoms with E-state index in [9.17, 15) is 29.1 Å². The summed E-state index contributed by atoms with van der Waals surface area (Å²) in [6.07, 6.45) is 2.63. The zero-order valence-electron chi connectivity index (χ0n) is 29.0. The first kappa shape index (κ1) is 39.5. The lowest BCUT2D eigenvalue weighted by Crippen LogP contribution is -2.46. The summed E-state index contributed by atoms with van der Waals surface area (Å²) in [5, 5.41) is 16.9. The highest BCUT2D eigenvalue weighted by Crippen LogP contribution is 2.33. The third kappa shape index (κ3) is 12.8. The molecule has 262 valence electrons. The standard InChI is InChI=1S/C33H57N5O7S/c1-19(2)14-29(42)38-13-9-10-24(38)32(44)45-26(33(6,7)8)16-20(3)15-25(39)21(4)31-37-23(18-46-31)11-12-27(40)35-17-28(41)36-22(5)30(34)43/h19-26,39H,9-18H2,1-8H3,(H2,34,43)(H,35,40)(H,36,41)/t20-,21?,22-,23+,24-,25?,26?/m0/s1. The van der Waals surface area contributed by atoms with Gasteiger partial charge in [0.05, 0.1) is 23.7 Å². The number of hydrogen-bond acceptors (Lipinski definition) is 9. The van der Waals surface area contributed by atoms with Crippen molar-refractivity contribution in [2.45, 2.75) is 131 Å². The molecule has 0 spiro atoms. The minimum absolute atomic E-state index is 0.00267. The maximum absolute atomic E-state index is 13.3. The van der Waals surface area contributed by atoms with Crippen LogP contribution in [0.4, 0.5) is 0 Å². The highest BCUT2D eigenvalue weighted by Gasteiger charge is 2.39. The van der Waals surface area contributed by atoms with E-state index in [4.69, 9.17) is 15.5 Å². The first-order valence-corrected chi connectivity index (χ1v) is 17.6. The molecule has 2 aliphatic rings. The number of ether oxygens (including phenoxy) is 1. The van der Waals surface area contributed by atoms with Crippen LogP contribution in [0, 0.1) is 23.2 Å². The lowest BCUT2D eigenvalue weighted by molar-refractivity contribution is -0.164. The average Bonchev–Trinajstić information content (AvgIpc) is 3.63. The van der Waals surface area contributed by atoms with Gasteiger partial charge in [0.1, 0.15) is 18.2 Å². The SMILES string of the molecule is CC(C)CC(=O)N1CCC[C@H]1C(=O)OC(C[C@@H](C)CC(O)C(C)C1=N[C@H](CCC(=O)NCC(=O)N[C@@H](C)C(N)=O)CS1)C(C)(C)C. The number of carbonyl (C=O) groups excluding carboxylic acids is 5. The molecule has 2 rings (SSSR count). The van der Waals surface area contributed by atoms with Crippen LogP contribution in [0.5, 0.6) is 0 Å². The summed E-state index contributed by atoms with van der Waals surface area (Å²) in [7, 11) is 0. The highest BCUT2D eigenvalue weighted by atomic mass is 32.2. The molecule has 0 aromatic heterocycles. The van der Waals surface area contributed by atoms with E-state index in [2.05, 4.69) is 17.6 Å². The number of nitrogens with one attached hydrogen (secondary N) is 2. The molecule has 0 aromatic rings. The molecular weight excluding hydrogens is 610 g/mol. The van der Waals surface area contributed by atoms with Crippen molar-refractivity contribution in [2.24, 2.45) is 33.9 Å². The van der Waals surface area contributed by atoms with Gasteiger partial charge in [-0.1, -0.05) is 48.5 Å². The Bertz CT molecular complexity index is 1110. The number of hydrogen-bond donors (Lipinski definition) is 4. The summed E-state index contributed by atoms with van der Waals surface area (Å²) >= 11 is 1.59. The predicted octanol–water partition coefficient (Wildman–Crippen LogP) is 2.80. The fourth-order valence-corrected chi connectivity index (χ4v) is 6.83. The van der Waals surface area contributed by atoms with Gasteiger partial charge in [-0.2, -0.15) is 0 Å². The van der Waals surface area contributed by atoms with Crippen molar-refractivity contribution >= 4 is 46.4 Å². The lowest BCUT2D eigenvalue weighted by atomic mass is 9.81. The Kier molecular flexibility index (Phi) is 15.5. The summed E-state index contributed by atoms with van der Waals surface area (Å²) in [6, 6.07) is -1.41. The number of aliphatic imine (C=N–C) groups is 1. The maximum atomic E-state index is 13.3. The third-order valence-corrected chi connectivity index (χ3v) is 9.89. The molecule has 5 N–H and O–H groups in total. The minimum atomic E-state index is -0.814. The van der Waals surface area contributed by atoms with Crippen molar-refractivity contribution in [3.8, 4) is 0 Å². The number of rotatable bonds is 17. The molecule has 4 amide bonds. The van der Waals surface area contributed by atoms with Crippen LogP contribution in [0.3, 0.4) is 0 Å². The van der Waals surface area contributed by atoms with E-state index in [0.717, 1.165) is 11.5 Å². The molecule has 1 saturated heterocycles. The molecule has 3 unspecified atom stereocenters. The number of aliphatic hydroxyl groups is 1. The van der Waals surface area contributed by atoms with E-state index in [1.54, 1.807) is 16.7 Å².